The summed E-state index contributed by atoms with van der Waals surface area (Å²) in [5, 5.41) is 19.7. The van der Waals surface area contributed by atoms with Gasteiger partial charge < -0.3 is 13.9 Å². The lowest BCUT2D eigenvalue weighted by Crippen LogP contribution is -2.02. The highest BCUT2D eigenvalue weighted by Gasteiger charge is 2.37. The molecule has 0 saturated heterocycles. The second-order valence-corrected chi connectivity index (χ2v) is 7.75. The van der Waals surface area contributed by atoms with Gasteiger partial charge in [-0.25, -0.2) is 9.59 Å². The van der Waals surface area contributed by atoms with Crippen LogP contribution >= 0.6 is 0 Å². The van der Waals surface area contributed by atoms with Crippen molar-refractivity contribution in [3.8, 4) is 12.1 Å². The Morgan fingerprint density at radius 3 is 1.55 bits per heavy atom. The Bertz CT molecular complexity index is 1440. The van der Waals surface area contributed by atoms with Gasteiger partial charge in [-0.05, 0) is 12.1 Å². The van der Waals surface area contributed by atoms with Crippen LogP contribution in [0.5, 0.6) is 0 Å². The first-order valence-electron chi connectivity index (χ1n) is 10.5. The van der Waals surface area contributed by atoms with Gasteiger partial charge in [0.15, 0.2) is 0 Å². The number of fused-ring (bicyclic) bond motifs is 2. The highest BCUT2D eigenvalue weighted by molar-refractivity contribution is 6.46. The molecule has 5 rings (SSSR count). The number of nitriles is 2. The number of esters is 2. The summed E-state index contributed by atoms with van der Waals surface area (Å²) in [5.74, 6) is -1.38. The molecule has 2 aromatic heterocycles. The first kappa shape index (κ1) is 20.3. The van der Waals surface area contributed by atoms with E-state index in [4.69, 9.17) is 15.3 Å². The minimum atomic E-state index is -0.688. The Balaban J connectivity index is 1.78. The van der Waals surface area contributed by atoms with E-state index in [1.54, 1.807) is 0 Å². The first-order chi connectivity index (χ1) is 16.1. The van der Waals surface area contributed by atoms with Crippen LogP contribution in [0.2, 0.25) is 0 Å². The number of hydrogen-bond acceptors (Lipinski definition) is 5. The van der Waals surface area contributed by atoms with Gasteiger partial charge in [0.05, 0.1) is 36.1 Å². The summed E-state index contributed by atoms with van der Waals surface area (Å²) in [6.45, 7) is 0.937. The standard InChI is InChI=1S/C26H18N4O3/c27-11-5-13-29-15-19(17-7-1-3-9-21(17)29)23-24(26(32)33-25(23)31)20-16-30(14-6-12-28)22-10-4-2-8-18(20)22/h1-4,7-10,15-16H,5-6,13-14H2. The van der Waals surface area contributed by atoms with Gasteiger partial charge in [-0.1, -0.05) is 36.4 Å². The quantitative estimate of drug-likeness (QED) is 0.330. The van der Waals surface area contributed by atoms with Crippen LogP contribution < -0.4 is 0 Å². The van der Waals surface area contributed by atoms with Gasteiger partial charge in [0.2, 0.25) is 0 Å². The van der Waals surface area contributed by atoms with Crippen LogP contribution in [0, 0.1) is 22.7 Å². The molecule has 0 amide bonds. The van der Waals surface area contributed by atoms with Gasteiger partial charge in [-0.2, -0.15) is 10.5 Å². The van der Waals surface area contributed by atoms with Crippen LogP contribution in [0.3, 0.4) is 0 Å². The van der Waals surface area contributed by atoms with Crippen molar-refractivity contribution in [3.05, 3.63) is 72.1 Å². The molecule has 0 atom stereocenters. The first-order valence-corrected chi connectivity index (χ1v) is 10.5. The number of ether oxygens (including phenoxy) is 1. The van der Waals surface area contributed by atoms with E-state index in [0.29, 0.717) is 37.1 Å². The molecule has 0 unspecified atom stereocenters. The zero-order valence-electron chi connectivity index (χ0n) is 17.6. The molecule has 0 bridgehead atoms. The van der Waals surface area contributed by atoms with Crippen LogP contribution in [0.25, 0.3) is 33.0 Å². The van der Waals surface area contributed by atoms with Gasteiger partial charge in [0.1, 0.15) is 0 Å². The van der Waals surface area contributed by atoms with Crippen molar-refractivity contribution in [3.63, 3.8) is 0 Å². The fourth-order valence-electron chi connectivity index (χ4n) is 4.48. The summed E-state index contributed by atoms with van der Waals surface area (Å²) in [5.41, 5.74) is 3.38. The van der Waals surface area contributed by atoms with E-state index in [0.717, 1.165) is 21.8 Å². The van der Waals surface area contributed by atoms with E-state index in [9.17, 15) is 9.59 Å². The molecule has 0 saturated carbocycles. The normalized spacial score (nSPS) is 13.5. The molecule has 1 aliphatic rings. The Kier molecular flexibility index (Phi) is 5.01. The van der Waals surface area contributed by atoms with Crippen molar-refractivity contribution in [2.75, 3.05) is 0 Å². The number of nitrogens with zero attached hydrogens (tertiary/aromatic N) is 4. The van der Waals surface area contributed by atoms with Crippen molar-refractivity contribution in [2.45, 2.75) is 25.9 Å². The third-order valence-corrected chi connectivity index (χ3v) is 5.89. The maximum absolute atomic E-state index is 12.9. The molecular formula is C26H18N4O3. The topological polar surface area (TPSA) is 101 Å². The molecule has 0 spiro atoms. The summed E-state index contributed by atoms with van der Waals surface area (Å²) in [7, 11) is 0. The van der Waals surface area contributed by atoms with Gasteiger partial charge >= 0.3 is 11.9 Å². The SMILES string of the molecule is N#CCCn1cc(C2=C(c3cn(CCC#N)c4ccccc34)C(=O)OC2=O)c2ccccc21. The monoisotopic (exact) mass is 434 g/mol. The number of aryl methyl sites for hydroxylation is 2. The average Bonchev–Trinajstić information content (AvgIpc) is 3.47. The Hall–Kier alpha value is -4.62. The lowest BCUT2D eigenvalue weighted by molar-refractivity contribution is -0.149. The van der Waals surface area contributed by atoms with Crippen molar-refractivity contribution in [1.82, 2.24) is 9.13 Å². The molecule has 7 nitrogen and oxygen atoms in total. The predicted molar refractivity (Wildman–Crippen MR) is 122 cm³/mol. The maximum Gasteiger partial charge on any atom is 0.347 e. The molecule has 0 fully saturated rings. The number of carbonyl (C=O) groups is 2. The average molecular weight is 434 g/mol. The van der Waals surface area contributed by atoms with Crippen LogP contribution in [0.15, 0.2) is 60.9 Å². The third-order valence-electron chi connectivity index (χ3n) is 5.89. The molecule has 160 valence electrons. The second-order valence-electron chi connectivity index (χ2n) is 7.75. The number of rotatable bonds is 6. The largest absolute Gasteiger partial charge is 0.386 e. The lowest BCUT2D eigenvalue weighted by Gasteiger charge is -2.01. The van der Waals surface area contributed by atoms with Crippen molar-refractivity contribution in [2.24, 2.45) is 0 Å². The molecule has 33 heavy (non-hydrogen) atoms. The van der Waals surface area contributed by atoms with Crippen molar-refractivity contribution >= 4 is 44.9 Å². The summed E-state index contributed by atoms with van der Waals surface area (Å²) in [6.07, 6.45) is 4.26. The lowest BCUT2D eigenvalue weighted by atomic mass is 9.95. The summed E-state index contributed by atoms with van der Waals surface area (Å²) in [6, 6.07) is 19.5. The number of benzene rings is 2. The number of hydrogen-bond donors (Lipinski definition) is 0. The minimum absolute atomic E-state index is 0.218. The van der Waals surface area contributed by atoms with Crippen LogP contribution in [-0.4, -0.2) is 21.1 Å². The highest BCUT2D eigenvalue weighted by atomic mass is 16.6. The molecule has 2 aromatic carbocycles. The number of para-hydroxylation sites is 2. The fraction of sp³-hybridized carbons (Fsp3) is 0.154. The zero-order chi connectivity index (χ0) is 22.9. The van der Waals surface area contributed by atoms with Gasteiger partial charge in [0.25, 0.3) is 0 Å². The summed E-state index contributed by atoms with van der Waals surface area (Å²) in [4.78, 5) is 25.9. The molecule has 3 heterocycles. The zero-order valence-corrected chi connectivity index (χ0v) is 17.6. The Morgan fingerprint density at radius 1 is 0.697 bits per heavy atom. The summed E-state index contributed by atoms with van der Waals surface area (Å²) >= 11 is 0. The van der Waals surface area contributed by atoms with Crippen LogP contribution in [0.1, 0.15) is 24.0 Å². The second kappa shape index (κ2) is 8.14. The van der Waals surface area contributed by atoms with Crippen LogP contribution in [-0.2, 0) is 27.4 Å². The van der Waals surface area contributed by atoms with E-state index in [1.807, 2.05) is 70.1 Å². The van der Waals surface area contributed by atoms with Crippen LogP contribution in [0.4, 0.5) is 0 Å². The molecule has 0 N–H and O–H groups in total. The number of cyclic esters (lactones) is 2. The number of carbonyl (C=O) groups excluding carboxylic acids is 2. The fourth-order valence-corrected chi connectivity index (χ4v) is 4.48. The van der Waals surface area contributed by atoms with Gasteiger partial charge in [-0.15, -0.1) is 0 Å². The van der Waals surface area contributed by atoms with Gasteiger partial charge in [0, 0.05) is 58.4 Å². The molecule has 7 heteroatoms. The predicted octanol–water partition coefficient (Wildman–Crippen LogP) is 4.42. The minimum Gasteiger partial charge on any atom is -0.386 e. The Morgan fingerprint density at radius 2 is 1.12 bits per heavy atom. The van der Waals surface area contributed by atoms with E-state index >= 15 is 0 Å². The van der Waals surface area contributed by atoms with E-state index in [-0.39, 0.29) is 11.1 Å². The van der Waals surface area contributed by atoms with E-state index < -0.39 is 11.9 Å². The molecule has 0 radical (unpaired) electrons. The maximum atomic E-state index is 12.9. The third kappa shape index (κ3) is 3.28. The van der Waals surface area contributed by atoms with E-state index in [1.165, 1.54) is 0 Å². The molecule has 4 aromatic rings. The smallest absolute Gasteiger partial charge is 0.347 e. The van der Waals surface area contributed by atoms with Crippen molar-refractivity contribution in [1.29, 1.82) is 10.5 Å². The highest BCUT2D eigenvalue weighted by Crippen LogP contribution is 2.40. The van der Waals surface area contributed by atoms with E-state index in [2.05, 4.69) is 12.1 Å². The van der Waals surface area contributed by atoms with Crippen molar-refractivity contribution < 1.29 is 14.3 Å². The Labute approximate surface area is 189 Å². The molecule has 1 aliphatic heterocycles. The number of aromatic nitrogens is 2. The molecular weight excluding hydrogens is 416 g/mol. The molecule has 0 aliphatic carbocycles. The van der Waals surface area contributed by atoms with Gasteiger partial charge in [-0.3, -0.25) is 0 Å². The summed E-state index contributed by atoms with van der Waals surface area (Å²) < 4.78 is 8.94.